The van der Waals surface area contributed by atoms with Crippen molar-refractivity contribution in [1.82, 2.24) is 0 Å². The van der Waals surface area contributed by atoms with Crippen LogP contribution in [0.3, 0.4) is 0 Å². The van der Waals surface area contributed by atoms with Crippen LogP contribution >= 0.6 is 0 Å². The van der Waals surface area contributed by atoms with E-state index in [-0.39, 0.29) is 12.4 Å². The van der Waals surface area contributed by atoms with Crippen LogP contribution in [-0.4, -0.2) is 11.7 Å². The third-order valence-corrected chi connectivity index (χ3v) is 2.89. The molecule has 0 radical (unpaired) electrons. The third kappa shape index (κ3) is 1.91. The molecule has 3 rings (SSSR count). The van der Waals surface area contributed by atoms with Crippen LogP contribution in [0.4, 0.5) is 0 Å². The summed E-state index contributed by atoms with van der Waals surface area (Å²) in [6.07, 6.45) is 0.260. The van der Waals surface area contributed by atoms with Gasteiger partial charge in [0, 0.05) is 11.1 Å². The molecule has 1 aliphatic rings. The number of carbonyl (C=O) groups is 1. The maximum Gasteiger partial charge on any atom is 0.339 e. The van der Waals surface area contributed by atoms with Gasteiger partial charge in [-0.2, -0.15) is 0 Å². The summed E-state index contributed by atoms with van der Waals surface area (Å²) in [5.41, 5.74) is 3.55. The minimum Gasteiger partial charge on any atom is -0.317 e. The van der Waals surface area contributed by atoms with Crippen molar-refractivity contribution in [2.45, 2.75) is 6.42 Å². The largest absolute Gasteiger partial charge is 0.339 e. The summed E-state index contributed by atoms with van der Waals surface area (Å²) in [6, 6.07) is 17.5. The fourth-order valence-corrected chi connectivity index (χ4v) is 2.04. The van der Waals surface area contributed by atoms with Crippen LogP contribution in [-0.2, 0) is 16.1 Å². The average molecular weight is 237 g/mol. The van der Waals surface area contributed by atoms with Crippen LogP contribution in [0.2, 0.25) is 0 Å². The predicted octanol–water partition coefficient (Wildman–Crippen LogP) is 2.54. The highest BCUT2D eigenvalue weighted by Crippen LogP contribution is 2.19. The lowest BCUT2D eigenvalue weighted by atomic mass is 9.96. The number of rotatable bonds is 1. The van der Waals surface area contributed by atoms with E-state index in [2.05, 4.69) is 5.16 Å². The summed E-state index contributed by atoms with van der Waals surface area (Å²) in [4.78, 5) is 16.4. The lowest BCUT2D eigenvalue weighted by molar-refractivity contribution is -0.142. The fourth-order valence-electron chi connectivity index (χ4n) is 2.04. The Bertz CT molecular complexity index is 617. The van der Waals surface area contributed by atoms with Crippen LogP contribution < -0.4 is 0 Å². The molecule has 1 aliphatic heterocycles. The normalized spacial score (nSPS) is 14.2. The van der Waals surface area contributed by atoms with E-state index in [9.17, 15) is 4.79 Å². The zero-order valence-corrected chi connectivity index (χ0v) is 9.67. The Morgan fingerprint density at radius 2 is 1.67 bits per heavy atom. The van der Waals surface area contributed by atoms with Gasteiger partial charge in [-0.15, -0.1) is 0 Å². The molecule has 0 bridgehead atoms. The highest BCUT2D eigenvalue weighted by atomic mass is 16.7. The summed E-state index contributed by atoms with van der Waals surface area (Å²) in [7, 11) is 0. The van der Waals surface area contributed by atoms with E-state index in [1.165, 1.54) is 0 Å². The molecule has 0 amide bonds. The molecule has 0 atom stereocenters. The summed E-state index contributed by atoms with van der Waals surface area (Å²) in [5.74, 6) is -0.326. The molecule has 3 heteroatoms. The molecule has 0 unspecified atom stereocenters. The van der Waals surface area contributed by atoms with E-state index in [1.807, 2.05) is 54.6 Å². The van der Waals surface area contributed by atoms with Crippen LogP contribution in [0.1, 0.15) is 16.7 Å². The van der Waals surface area contributed by atoms with Gasteiger partial charge in [0.1, 0.15) is 5.71 Å². The lowest BCUT2D eigenvalue weighted by Gasteiger charge is -2.06. The number of nitrogens with zero attached hydrogens (tertiary/aromatic N) is 1. The first kappa shape index (κ1) is 10.7. The van der Waals surface area contributed by atoms with Crippen molar-refractivity contribution in [3.63, 3.8) is 0 Å². The quantitative estimate of drug-likeness (QED) is 0.715. The molecule has 0 spiro atoms. The van der Waals surface area contributed by atoms with E-state index in [0.29, 0.717) is 5.71 Å². The van der Waals surface area contributed by atoms with Crippen molar-refractivity contribution < 1.29 is 9.63 Å². The maximum absolute atomic E-state index is 11.5. The van der Waals surface area contributed by atoms with Gasteiger partial charge in [-0.3, -0.25) is 0 Å². The minimum absolute atomic E-state index is 0.260. The predicted molar refractivity (Wildman–Crippen MR) is 68.3 cm³/mol. The summed E-state index contributed by atoms with van der Waals surface area (Å²) >= 11 is 0. The van der Waals surface area contributed by atoms with Crippen molar-refractivity contribution in [3.8, 4) is 0 Å². The van der Waals surface area contributed by atoms with Crippen molar-refractivity contribution in [2.75, 3.05) is 0 Å². The highest BCUT2D eigenvalue weighted by molar-refractivity contribution is 6.14. The summed E-state index contributed by atoms with van der Waals surface area (Å²) < 4.78 is 0. The van der Waals surface area contributed by atoms with E-state index in [1.54, 1.807) is 0 Å². The maximum atomic E-state index is 11.5. The molecular weight excluding hydrogens is 226 g/mol. The summed E-state index contributed by atoms with van der Waals surface area (Å²) in [6.45, 7) is 0. The smallest absolute Gasteiger partial charge is 0.317 e. The monoisotopic (exact) mass is 237 g/mol. The molecule has 0 fully saturated rings. The van der Waals surface area contributed by atoms with Gasteiger partial charge in [0.05, 0.1) is 6.42 Å². The number of hydrogen-bond acceptors (Lipinski definition) is 3. The standard InChI is InChI=1S/C15H11NO2/c17-14-10-12-8-4-5-9-13(12)15(16-18-14)11-6-2-1-3-7-11/h1-9H,10H2. The zero-order chi connectivity index (χ0) is 12.4. The van der Waals surface area contributed by atoms with E-state index in [4.69, 9.17) is 4.84 Å². The first-order valence-corrected chi connectivity index (χ1v) is 5.76. The summed E-state index contributed by atoms with van der Waals surface area (Å²) in [5, 5.41) is 3.98. The van der Waals surface area contributed by atoms with Gasteiger partial charge in [-0.25, -0.2) is 4.79 Å². The Morgan fingerprint density at radius 1 is 0.944 bits per heavy atom. The van der Waals surface area contributed by atoms with Gasteiger partial charge in [0.2, 0.25) is 0 Å². The van der Waals surface area contributed by atoms with E-state index < -0.39 is 0 Å². The second-order valence-electron chi connectivity index (χ2n) is 4.10. The van der Waals surface area contributed by atoms with Crippen molar-refractivity contribution in [2.24, 2.45) is 5.16 Å². The Labute approximate surface area is 105 Å². The fraction of sp³-hybridized carbons (Fsp3) is 0.0667. The second kappa shape index (κ2) is 4.45. The number of fused-ring (bicyclic) bond motifs is 1. The highest BCUT2D eigenvalue weighted by Gasteiger charge is 2.19. The van der Waals surface area contributed by atoms with Gasteiger partial charge in [0.25, 0.3) is 0 Å². The molecule has 88 valence electrons. The van der Waals surface area contributed by atoms with Crippen molar-refractivity contribution in [1.29, 1.82) is 0 Å². The zero-order valence-electron chi connectivity index (χ0n) is 9.67. The average Bonchev–Trinajstić information content (AvgIpc) is 2.58. The molecule has 18 heavy (non-hydrogen) atoms. The van der Waals surface area contributed by atoms with Gasteiger partial charge in [-0.05, 0) is 5.56 Å². The number of oxime groups is 1. The van der Waals surface area contributed by atoms with E-state index in [0.717, 1.165) is 16.7 Å². The number of benzene rings is 2. The van der Waals surface area contributed by atoms with Crippen LogP contribution in [0.15, 0.2) is 59.8 Å². The SMILES string of the molecule is O=C1Cc2ccccc2C(c2ccccc2)=NO1. The molecule has 0 saturated heterocycles. The number of hydrogen-bond donors (Lipinski definition) is 0. The second-order valence-corrected chi connectivity index (χ2v) is 4.10. The van der Waals surface area contributed by atoms with Crippen molar-refractivity contribution in [3.05, 3.63) is 71.3 Å². The first-order chi connectivity index (χ1) is 8.84. The molecule has 0 N–H and O–H groups in total. The van der Waals surface area contributed by atoms with Crippen molar-refractivity contribution >= 4 is 11.7 Å². The molecule has 2 aromatic rings. The van der Waals surface area contributed by atoms with E-state index >= 15 is 0 Å². The number of carbonyl (C=O) groups excluding carboxylic acids is 1. The topological polar surface area (TPSA) is 38.7 Å². The van der Waals surface area contributed by atoms with Crippen LogP contribution in [0.25, 0.3) is 0 Å². The molecule has 1 heterocycles. The molecule has 3 nitrogen and oxygen atoms in total. The molecular formula is C15H11NO2. The Kier molecular flexibility index (Phi) is 2.65. The minimum atomic E-state index is -0.326. The van der Waals surface area contributed by atoms with Crippen LogP contribution in [0, 0.1) is 0 Å². The lowest BCUT2D eigenvalue weighted by Crippen LogP contribution is -2.05. The molecule has 0 aromatic heterocycles. The van der Waals surface area contributed by atoms with Gasteiger partial charge < -0.3 is 4.84 Å². The Hall–Kier alpha value is -2.42. The third-order valence-electron chi connectivity index (χ3n) is 2.89. The Balaban J connectivity index is 2.17. The van der Waals surface area contributed by atoms with Gasteiger partial charge in [0.15, 0.2) is 0 Å². The van der Waals surface area contributed by atoms with Crippen LogP contribution in [0.5, 0.6) is 0 Å². The van der Waals surface area contributed by atoms with Gasteiger partial charge in [-0.1, -0.05) is 59.8 Å². The first-order valence-electron chi connectivity index (χ1n) is 5.76. The molecule has 0 saturated carbocycles. The molecule has 0 aliphatic carbocycles. The van der Waals surface area contributed by atoms with Gasteiger partial charge >= 0.3 is 5.97 Å². The molecule has 2 aromatic carbocycles. The Morgan fingerprint density at radius 3 is 2.50 bits per heavy atom.